The van der Waals surface area contributed by atoms with Crippen molar-refractivity contribution >= 4 is 23.4 Å². The maximum Gasteiger partial charge on any atom is 0.323 e. The first-order valence-electron chi connectivity index (χ1n) is 11.0. The van der Waals surface area contributed by atoms with Crippen molar-refractivity contribution in [3.63, 3.8) is 0 Å². The Morgan fingerprint density at radius 3 is 2.60 bits per heavy atom. The Morgan fingerprint density at radius 2 is 2.00 bits per heavy atom. The van der Waals surface area contributed by atoms with E-state index in [0.717, 1.165) is 6.20 Å². The highest BCUT2D eigenvalue weighted by Crippen LogP contribution is 2.40. The molecule has 0 saturated carbocycles. The minimum atomic E-state index is -2.99. The number of aliphatic hydroxyl groups excluding tert-OH is 1. The van der Waals surface area contributed by atoms with Gasteiger partial charge in [0.25, 0.3) is 5.92 Å². The lowest BCUT2D eigenvalue weighted by molar-refractivity contribution is -0.00858. The molecule has 0 unspecified atom stereocenters. The number of piperidine rings is 1. The SMILES string of the molecule is CCC(F)(F)c1ccc(NC(=O)N2CCC(F)(c3ncc(-c4ocnc4CO)cc3Cl)CC2)nc1. The third kappa shape index (κ3) is 5.10. The van der Waals surface area contributed by atoms with Crippen LogP contribution >= 0.6 is 11.6 Å². The molecule has 0 bridgehead atoms. The minimum absolute atomic E-state index is 0.0359. The quantitative estimate of drug-likeness (QED) is 0.469. The molecule has 0 aliphatic carbocycles. The lowest BCUT2D eigenvalue weighted by atomic mass is 9.89. The topological polar surface area (TPSA) is 104 Å². The number of nitrogens with zero attached hydrogens (tertiary/aromatic N) is 4. The summed E-state index contributed by atoms with van der Waals surface area (Å²) in [6.45, 7) is 1.22. The van der Waals surface area contributed by atoms with Crippen LogP contribution in [0, 0.1) is 0 Å². The van der Waals surface area contributed by atoms with E-state index in [2.05, 4.69) is 20.3 Å². The van der Waals surface area contributed by atoms with E-state index in [1.807, 2.05) is 0 Å². The van der Waals surface area contributed by atoms with E-state index < -0.39 is 17.6 Å². The van der Waals surface area contributed by atoms with Crippen molar-refractivity contribution in [2.75, 3.05) is 18.4 Å². The fourth-order valence-electron chi connectivity index (χ4n) is 3.89. The number of halogens is 4. The first kappa shape index (κ1) is 24.9. The van der Waals surface area contributed by atoms with Crippen LogP contribution in [-0.4, -0.2) is 44.1 Å². The van der Waals surface area contributed by atoms with Gasteiger partial charge in [0.15, 0.2) is 17.8 Å². The van der Waals surface area contributed by atoms with Crippen molar-refractivity contribution in [1.82, 2.24) is 19.9 Å². The van der Waals surface area contributed by atoms with Gasteiger partial charge in [-0.15, -0.1) is 0 Å². The number of nitrogens with one attached hydrogen (secondary N) is 1. The number of pyridine rings is 2. The smallest absolute Gasteiger partial charge is 0.323 e. The first-order chi connectivity index (χ1) is 16.7. The number of carbonyl (C=O) groups is 1. The van der Waals surface area contributed by atoms with Crippen LogP contribution in [0.1, 0.15) is 43.1 Å². The minimum Gasteiger partial charge on any atom is -0.443 e. The predicted molar refractivity (Wildman–Crippen MR) is 122 cm³/mol. The second-order valence-corrected chi connectivity index (χ2v) is 8.62. The molecular weight excluding hydrogens is 487 g/mol. The van der Waals surface area contributed by atoms with Crippen molar-refractivity contribution in [2.45, 2.75) is 44.4 Å². The predicted octanol–water partition coefficient (Wildman–Crippen LogP) is 5.27. The summed E-state index contributed by atoms with van der Waals surface area (Å²) in [6, 6.07) is 3.52. The van der Waals surface area contributed by atoms with Crippen molar-refractivity contribution in [3.8, 4) is 11.3 Å². The van der Waals surface area contributed by atoms with Gasteiger partial charge >= 0.3 is 6.03 Å². The van der Waals surface area contributed by atoms with Crippen LogP contribution in [0.3, 0.4) is 0 Å². The largest absolute Gasteiger partial charge is 0.443 e. The van der Waals surface area contributed by atoms with Gasteiger partial charge in [0.1, 0.15) is 11.5 Å². The van der Waals surface area contributed by atoms with E-state index >= 15 is 4.39 Å². The summed E-state index contributed by atoms with van der Waals surface area (Å²) in [5.41, 5.74) is -1.25. The zero-order valence-electron chi connectivity index (χ0n) is 18.8. The Bertz CT molecular complexity index is 1200. The Kier molecular flexibility index (Phi) is 7.00. The Morgan fingerprint density at radius 1 is 1.26 bits per heavy atom. The molecule has 0 radical (unpaired) electrons. The van der Waals surface area contributed by atoms with E-state index in [1.165, 1.54) is 42.6 Å². The first-order valence-corrected chi connectivity index (χ1v) is 11.3. The molecule has 0 aromatic carbocycles. The van der Waals surface area contributed by atoms with Gasteiger partial charge in [-0.3, -0.25) is 10.3 Å². The summed E-state index contributed by atoms with van der Waals surface area (Å²) < 4.78 is 48.5. The molecule has 1 aliphatic heterocycles. The molecule has 186 valence electrons. The Hall–Kier alpha value is -3.18. The van der Waals surface area contributed by atoms with Crippen LogP contribution in [0.25, 0.3) is 11.3 Å². The highest BCUT2D eigenvalue weighted by Gasteiger charge is 2.40. The Balaban J connectivity index is 1.40. The number of hydrogen-bond donors (Lipinski definition) is 2. The summed E-state index contributed by atoms with van der Waals surface area (Å²) in [5, 5.41) is 12.0. The number of hydrogen-bond acceptors (Lipinski definition) is 6. The van der Waals surface area contributed by atoms with Crippen molar-refractivity contribution in [1.29, 1.82) is 0 Å². The summed E-state index contributed by atoms with van der Waals surface area (Å²) in [7, 11) is 0. The number of urea groups is 1. The molecule has 0 spiro atoms. The van der Waals surface area contributed by atoms with Gasteiger partial charge in [-0.25, -0.2) is 27.9 Å². The lowest BCUT2D eigenvalue weighted by Gasteiger charge is -2.36. The van der Waals surface area contributed by atoms with Crippen LogP contribution in [0.4, 0.5) is 23.8 Å². The van der Waals surface area contributed by atoms with Crippen LogP contribution < -0.4 is 5.32 Å². The molecule has 2 N–H and O–H groups in total. The average Bonchev–Trinajstić information content (AvgIpc) is 3.33. The summed E-state index contributed by atoms with van der Waals surface area (Å²) in [5.74, 6) is -2.57. The number of rotatable bonds is 6. The fraction of sp³-hybridized carbons (Fsp3) is 0.391. The van der Waals surface area contributed by atoms with E-state index in [1.54, 1.807) is 0 Å². The highest BCUT2D eigenvalue weighted by molar-refractivity contribution is 6.31. The molecule has 3 aromatic heterocycles. The van der Waals surface area contributed by atoms with Crippen LogP contribution in [0.5, 0.6) is 0 Å². The molecule has 12 heteroatoms. The second kappa shape index (κ2) is 9.82. The van der Waals surface area contributed by atoms with Gasteiger partial charge in [-0.2, -0.15) is 0 Å². The molecule has 8 nitrogen and oxygen atoms in total. The van der Waals surface area contributed by atoms with E-state index in [4.69, 9.17) is 16.0 Å². The van der Waals surface area contributed by atoms with Gasteiger partial charge in [0, 0.05) is 55.9 Å². The van der Waals surface area contributed by atoms with Crippen LogP contribution in [-0.2, 0) is 18.2 Å². The van der Waals surface area contributed by atoms with Crippen molar-refractivity contribution in [2.24, 2.45) is 0 Å². The van der Waals surface area contributed by atoms with Crippen molar-refractivity contribution < 1.29 is 27.5 Å². The molecule has 35 heavy (non-hydrogen) atoms. The maximum atomic E-state index is 15.8. The van der Waals surface area contributed by atoms with E-state index in [-0.39, 0.29) is 61.1 Å². The van der Waals surface area contributed by atoms with E-state index in [0.29, 0.717) is 17.0 Å². The number of alkyl halides is 3. The second-order valence-electron chi connectivity index (χ2n) is 8.21. The van der Waals surface area contributed by atoms with Gasteiger partial charge in [-0.1, -0.05) is 18.5 Å². The zero-order valence-corrected chi connectivity index (χ0v) is 19.5. The molecule has 3 aromatic rings. The highest BCUT2D eigenvalue weighted by atomic mass is 35.5. The molecule has 1 fully saturated rings. The number of aromatic nitrogens is 3. The van der Waals surface area contributed by atoms with E-state index in [9.17, 15) is 18.7 Å². The van der Waals surface area contributed by atoms with Gasteiger partial charge in [0.05, 0.1) is 17.3 Å². The zero-order chi connectivity index (χ0) is 25.2. The molecule has 1 saturated heterocycles. The summed E-state index contributed by atoms with van der Waals surface area (Å²) in [4.78, 5) is 26.0. The molecule has 4 rings (SSSR count). The third-order valence-electron chi connectivity index (χ3n) is 6.03. The summed E-state index contributed by atoms with van der Waals surface area (Å²) in [6.07, 6.45) is 3.19. The molecular formula is C23H23ClF3N5O3. The monoisotopic (exact) mass is 509 g/mol. The van der Waals surface area contributed by atoms with Crippen molar-refractivity contribution in [3.05, 3.63) is 59.0 Å². The third-order valence-corrected chi connectivity index (χ3v) is 6.31. The average molecular weight is 510 g/mol. The Labute approximate surface area is 204 Å². The number of likely N-dealkylation sites (tertiary alicyclic amines) is 1. The van der Waals surface area contributed by atoms with Crippen LogP contribution in [0.2, 0.25) is 5.02 Å². The standard InChI is InChI=1S/C23H23ClF3N5O3/c1-2-23(26,27)15-3-4-18(28-11-15)31-21(34)32-7-5-22(25,6-8-32)20-16(24)9-14(10-29-20)19-17(12-33)30-13-35-19/h3-4,9-11,13,33H,2,5-8,12H2,1H3,(H,28,31,34). The van der Waals surface area contributed by atoms with Gasteiger partial charge in [-0.05, 0) is 18.2 Å². The van der Waals surface area contributed by atoms with Gasteiger partial charge in [0.2, 0.25) is 0 Å². The van der Waals surface area contributed by atoms with Crippen LogP contribution in [0.15, 0.2) is 41.4 Å². The number of oxazole rings is 1. The summed E-state index contributed by atoms with van der Waals surface area (Å²) >= 11 is 6.34. The fourth-order valence-corrected chi connectivity index (χ4v) is 4.22. The molecule has 2 amide bonds. The lowest BCUT2D eigenvalue weighted by Crippen LogP contribution is -2.45. The normalized spacial score (nSPS) is 15.8. The number of anilines is 1. The number of aliphatic hydroxyl groups is 1. The molecule has 4 heterocycles. The van der Waals surface area contributed by atoms with Gasteiger partial charge < -0.3 is 14.4 Å². The maximum absolute atomic E-state index is 15.8. The molecule has 0 atom stereocenters. The number of carbonyl (C=O) groups excluding carboxylic acids is 1. The number of amides is 2. The molecule has 1 aliphatic rings.